The van der Waals surface area contributed by atoms with E-state index in [-0.39, 0.29) is 24.9 Å². The van der Waals surface area contributed by atoms with E-state index in [1.165, 1.54) is 19.2 Å². The molecule has 2 rings (SSSR count). The predicted molar refractivity (Wildman–Crippen MR) is 94.4 cm³/mol. The third-order valence-corrected chi connectivity index (χ3v) is 3.48. The molecule has 0 aliphatic carbocycles. The summed E-state index contributed by atoms with van der Waals surface area (Å²) in [5.41, 5.74) is 1.10. The molecule has 2 aromatic rings. The molecule has 26 heavy (non-hydrogen) atoms. The van der Waals surface area contributed by atoms with E-state index in [1.807, 2.05) is 0 Å². The van der Waals surface area contributed by atoms with Crippen LogP contribution < -0.4 is 15.4 Å². The maximum absolute atomic E-state index is 12.9. The minimum Gasteiger partial charge on any atom is -0.488 e. The Morgan fingerprint density at radius 2 is 1.77 bits per heavy atom. The number of rotatable bonds is 9. The Morgan fingerprint density at radius 3 is 2.50 bits per heavy atom. The molecule has 0 saturated heterocycles. The number of hydrogen-bond donors (Lipinski definition) is 2. The van der Waals surface area contributed by atoms with Crippen LogP contribution in [0.25, 0.3) is 0 Å². The molecular weight excluding hydrogens is 339 g/mol. The Hall–Kier alpha value is -2.93. The van der Waals surface area contributed by atoms with Gasteiger partial charge in [0.25, 0.3) is 5.91 Å². The van der Waals surface area contributed by atoms with E-state index < -0.39 is 5.91 Å². The van der Waals surface area contributed by atoms with Crippen molar-refractivity contribution in [3.8, 4) is 5.75 Å². The lowest BCUT2D eigenvalue weighted by atomic mass is 10.2. The largest absolute Gasteiger partial charge is 0.488 e. The fraction of sp³-hybridized carbons (Fsp3) is 0.263. The van der Waals surface area contributed by atoms with E-state index in [4.69, 9.17) is 9.47 Å². The minimum absolute atomic E-state index is 0.144. The second-order valence-corrected chi connectivity index (χ2v) is 5.44. The number of methoxy groups -OCH3 is 1. The molecule has 0 aliphatic heterocycles. The Morgan fingerprint density at radius 1 is 1.04 bits per heavy atom. The van der Waals surface area contributed by atoms with Crippen LogP contribution in [-0.4, -0.2) is 38.6 Å². The molecule has 6 nitrogen and oxygen atoms in total. The summed E-state index contributed by atoms with van der Waals surface area (Å²) in [5, 5.41) is 5.17. The molecule has 0 spiro atoms. The zero-order chi connectivity index (χ0) is 18.8. The van der Waals surface area contributed by atoms with Crippen molar-refractivity contribution >= 4 is 11.8 Å². The summed E-state index contributed by atoms with van der Waals surface area (Å²) in [4.78, 5) is 23.9. The molecule has 0 heterocycles. The van der Waals surface area contributed by atoms with Crippen molar-refractivity contribution in [2.24, 2.45) is 0 Å². The fourth-order valence-corrected chi connectivity index (χ4v) is 2.13. The molecule has 0 aliphatic rings. The first-order valence-electron chi connectivity index (χ1n) is 8.10. The molecule has 0 bridgehead atoms. The highest BCUT2D eigenvalue weighted by atomic mass is 19.1. The van der Waals surface area contributed by atoms with E-state index in [0.29, 0.717) is 24.5 Å². The van der Waals surface area contributed by atoms with Crippen molar-refractivity contribution < 1.29 is 23.5 Å². The van der Waals surface area contributed by atoms with Crippen LogP contribution >= 0.6 is 0 Å². The quantitative estimate of drug-likeness (QED) is 0.670. The Labute approximate surface area is 151 Å². The van der Waals surface area contributed by atoms with E-state index in [0.717, 1.165) is 5.56 Å². The SMILES string of the molecule is COCCNC(=O)CNC(=O)c1ccccc1OCc1ccc(F)cc1. The summed E-state index contributed by atoms with van der Waals surface area (Å²) in [6, 6.07) is 12.6. The van der Waals surface area contributed by atoms with E-state index in [2.05, 4.69) is 10.6 Å². The molecule has 7 heteroatoms. The van der Waals surface area contributed by atoms with Gasteiger partial charge < -0.3 is 20.1 Å². The number of para-hydroxylation sites is 1. The van der Waals surface area contributed by atoms with Crippen molar-refractivity contribution in [1.82, 2.24) is 10.6 Å². The zero-order valence-electron chi connectivity index (χ0n) is 14.5. The average Bonchev–Trinajstić information content (AvgIpc) is 2.66. The lowest BCUT2D eigenvalue weighted by Crippen LogP contribution is -2.38. The summed E-state index contributed by atoms with van der Waals surface area (Å²) in [5.74, 6) is -0.659. The van der Waals surface area contributed by atoms with Crippen LogP contribution in [0.3, 0.4) is 0 Å². The molecule has 138 valence electrons. The smallest absolute Gasteiger partial charge is 0.255 e. The summed E-state index contributed by atoms with van der Waals surface area (Å²) < 4.78 is 23.4. The highest BCUT2D eigenvalue weighted by Crippen LogP contribution is 2.19. The molecule has 2 N–H and O–H groups in total. The van der Waals surface area contributed by atoms with Crippen LogP contribution in [0.15, 0.2) is 48.5 Å². The third-order valence-electron chi connectivity index (χ3n) is 3.48. The number of hydrogen-bond acceptors (Lipinski definition) is 4. The highest BCUT2D eigenvalue weighted by Gasteiger charge is 2.13. The number of benzene rings is 2. The topological polar surface area (TPSA) is 76.7 Å². The molecule has 0 unspecified atom stereocenters. The Bertz CT molecular complexity index is 735. The molecule has 2 amide bonds. The van der Waals surface area contributed by atoms with Gasteiger partial charge in [-0.1, -0.05) is 24.3 Å². The number of amides is 2. The highest BCUT2D eigenvalue weighted by molar-refractivity contribution is 5.98. The minimum atomic E-state index is -0.415. The summed E-state index contributed by atoms with van der Waals surface area (Å²) in [6.07, 6.45) is 0. The van der Waals surface area contributed by atoms with Crippen LogP contribution in [-0.2, 0) is 16.1 Å². The third kappa shape index (κ3) is 6.18. The molecule has 0 saturated carbocycles. The summed E-state index contributed by atoms with van der Waals surface area (Å²) >= 11 is 0. The van der Waals surface area contributed by atoms with Gasteiger partial charge in [0.15, 0.2) is 0 Å². The molecule has 0 radical (unpaired) electrons. The normalized spacial score (nSPS) is 10.2. The van der Waals surface area contributed by atoms with Gasteiger partial charge in [0.1, 0.15) is 18.2 Å². The number of ether oxygens (including phenoxy) is 2. The van der Waals surface area contributed by atoms with Crippen LogP contribution in [0.5, 0.6) is 5.75 Å². The number of carbonyl (C=O) groups is 2. The van der Waals surface area contributed by atoms with Gasteiger partial charge in [0, 0.05) is 13.7 Å². The monoisotopic (exact) mass is 360 g/mol. The van der Waals surface area contributed by atoms with Gasteiger partial charge in [0.05, 0.1) is 18.7 Å². The zero-order valence-corrected chi connectivity index (χ0v) is 14.5. The van der Waals surface area contributed by atoms with Gasteiger partial charge in [-0.25, -0.2) is 4.39 Å². The van der Waals surface area contributed by atoms with Crippen LogP contribution in [0.4, 0.5) is 4.39 Å². The Kier molecular flexibility index (Phi) is 7.57. The van der Waals surface area contributed by atoms with E-state index in [1.54, 1.807) is 36.4 Å². The summed E-state index contributed by atoms with van der Waals surface area (Å²) in [6.45, 7) is 0.833. The van der Waals surface area contributed by atoms with Gasteiger partial charge in [-0.15, -0.1) is 0 Å². The average molecular weight is 360 g/mol. The van der Waals surface area contributed by atoms with E-state index in [9.17, 15) is 14.0 Å². The lowest BCUT2D eigenvalue weighted by molar-refractivity contribution is -0.120. The van der Waals surface area contributed by atoms with E-state index >= 15 is 0 Å². The van der Waals surface area contributed by atoms with Gasteiger partial charge >= 0.3 is 0 Å². The lowest BCUT2D eigenvalue weighted by Gasteiger charge is -2.12. The van der Waals surface area contributed by atoms with Crippen molar-refractivity contribution in [3.63, 3.8) is 0 Å². The van der Waals surface area contributed by atoms with Gasteiger partial charge in [-0.05, 0) is 29.8 Å². The number of nitrogens with one attached hydrogen (secondary N) is 2. The maximum atomic E-state index is 12.9. The van der Waals surface area contributed by atoms with Crippen molar-refractivity contribution in [2.45, 2.75) is 6.61 Å². The van der Waals surface area contributed by atoms with Crippen molar-refractivity contribution in [3.05, 3.63) is 65.5 Å². The van der Waals surface area contributed by atoms with Crippen LogP contribution in [0.2, 0.25) is 0 Å². The predicted octanol–water partition coefficient (Wildman–Crippen LogP) is 1.90. The van der Waals surface area contributed by atoms with Crippen molar-refractivity contribution in [2.75, 3.05) is 26.8 Å². The van der Waals surface area contributed by atoms with Gasteiger partial charge in [0.2, 0.25) is 5.91 Å². The second kappa shape index (κ2) is 10.1. The molecule has 2 aromatic carbocycles. The molecular formula is C19H21FN2O4. The van der Waals surface area contributed by atoms with Crippen molar-refractivity contribution in [1.29, 1.82) is 0 Å². The molecule has 0 atom stereocenters. The number of halogens is 1. The van der Waals surface area contributed by atoms with Gasteiger partial charge in [-0.3, -0.25) is 9.59 Å². The first-order valence-corrected chi connectivity index (χ1v) is 8.10. The number of carbonyl (C=O) groups excluding carboxylic acids is 2. The Balaban J connectivity index is 1.91. The standard InChI is InChI=1S/C19H21FN2O4/c1-25-11-10-21-18(23)12-22-19(24)16-4-2-3-5-17(16)26-13-14-6-8-15(20)9-7-14/h2-9H,10-13H2,1H3,(H,21,23)(H,22,24). The maximum Gasteiger partial charge on any atom is 0.255 e. The first kappa shape index (κ1) is 19.4. The van der Waals surface area contributed by atoms with Gasteiger partial charge in [-0.2, -0.15) is 0 Å². The van der Waals surface area contributed by atoms with Crippen LogP contribution in [0.1, 0.15) is 15.9 Å². The molecule has 0 fully saturated rings. The second-order valence-electron chi connectivity index (χ2n) is 5.44. The first-order chi connectivity index (χ1) is 12.6. The fourth-order valence-electron chi connectivity index (χ4n) is 2.13. The van der Waals surface area contributed by atoms with Crippen LogP contribution in [0, 0.1) is 5.82 Å². The summed E-state index contributed by atoms with van der Waals surface area (Å²) in [7, 11) is 1.54. The molecule has 0 aromatic heterocycles.